The molecule has 3 aromatic rings. The summed E-state index contributed by atoms with van der Waals surface area (Å²) in [5, 5.41) is 7.75. The highest BCUT2D eigenvalue weighted by Crippen LogP contribution is 2.27. The number of piperazine rings is 1. The van der Waals surface area contributed by atoms with E-state index in [1.54, 1.807) is 11.3 Å². The molecule has 0 radical (unpaired) electrons. The predicted molar refractivity (Wildman–Crippen MR) is 102 cm³/mol. The fourth-order valence-corrected chi connectivity index (χ4v) is 4.85. The van der Waals surface area contributed by atoms with E-state index < -0.39 is 0 Å². The molecule has 124 valence electrons. The Balaban J connectivity index is 1.33. The molecule has 0 spiro atoms. The normalized spacial score (nSPS) is 15.9. The van der Waals surface area contributed by atoms with E-state index in [9.17, 15) is 4.79 Å². The lowest BCUT2D eigenvalue weighted by molar-refractivity contribution is -0.132. The van der Waals surface area contributed by atoms with Crippen molar-refractivity contribution in [3.8, 4) is 0 Å². The minimum absolute atomic E-state index is 0.258. The van der Waals surface area contributed by atoms with Gasteiger partial charge in [0.15, 0.2) is 0 Å². The molecule has 24 heavy (non-hydrogen) atoms. The molecule has 1 aliphatic heterocycles. The zero-order valence-electron chi connectivity index (χ0n) is 13.5. The molecule has 3 nitrogen and oxygen atoms in total. The number of hydrogen-bond acceptors (Lipinski definition) is 4. The van der Waals surface area contributed by atoms with Gasteiger partial charge in [-0.15, -0.1) is 11.3 Å². The van der Waals surface area contributed by atoms with Crippen LogP contribution < -0.4 is 0 Å². The Bertz CT molecular complexity index is 817. The number of benzene rings is 1. The molecule has 1 saturated heterocycles. The minimum Gasteiger partial charge on any atom is -0.340 e. The van der Waals surface area contributed by atoms with Crippen molar-refractivity contribution in [3.63, 3.8) is 0 Å². The van der Waals surface area contributed by atoms with Gasteiger partial charge in [-0.2, -0.15) is 11.3 Å². The molecule has 0 atom stereocenters. The summed E-state index contributed by atoms with van der Waals surface area (Å²) in [5.41, 5.74) is 2.55. The first kappa shape index (κ1) is 15.8. The number of nitrogens with zero attached hydrogens (tertiary/aromatic N) is 2. The molecule has 2 aromatic heterocycles. The number of amides is 1. The zero-order chi connectivity index (χ0) is 16.4. The lowest BCUT2D eigenvalue weighted by atomic mass is 10.1. The van der Waals surface area contributed by atoms with Crippen LogP contribution in [-0.4, -0.2) is 41.9 Å². The molecule has 1 fully saturated rings. The Labute approximate surface area is 150 Å². The summed E-state index contributed by atoms with van der Waals surface area (Å²) >= 11 is 3.47. The number of hydrogen-bond donors (Lipinski definition) is 0. The molecule has 1 amide bonds. The highest BCUT2D eigenvalue weighted by Gasteiger charge is 2.21. The van der Waals surface area contributed by atoms with E-state index in [-0.39, 0.29) is 5.91 Å². The Morgan fingerprint density at radius 2 is 1.88 bits per heavy atom. The van der Waals surface area contributed by atoms with Crippen LogP contribution in [0.15, 0.2) is 46.5 Å². The van der Waals surface area contributed by atoms with Crippen molar-refractivity contribution in [2.24, 2.45) is 0 Å². The third kappa shape index (κ3) is 3.38. The first-order valence-corrected chi connectivity index (χ1v) is 10.1. The first-order chi connectivity index (χ1) is 11.8. The smallest absolute Gasteiger partial charge is 0.227 e. The third-order valence-electron chi connectivity index (χ3n) is 4.62. The SMILES string of the molecule is O=C(Cc1ccsc1)N1CCN(Cc2csc3ccccc23)CC1. The lowest BCUT2D eigenvalue weighted by Crippen LogP contribution is -2.48. The van der Waals surface area contributed by atoms with E-state index in [0.717, 1.165) is 38.3 Å². The van der Waals surface area contributed by atoms with Gasteiger partial charge in [-0.25, -0.2) is 0 Å². The quantitative estimate of drug-likeness (QED) is 0.709. The first-order valence-electron chi connectivity index (χ1n) is 8.26. The Kier molecular flexibility index (Phi) is 4.65. The molecular formula is C19H20N2OS2. The van der Waals surface area contributed by atoms with Gasteiger partial charge in [-0.3, -0.25) is 9.69 Å². The van der Waals surface area contributed by atoms with Crippen molar-refractivity contribution < 1.29 is 4.79 Å². The number of rotatable bonds is 4. The maximum absolute atomic E-state index is 12.4. The number of thiophene rings is 2. The highest BCUT2D eigenvalue weighted by atomic mass is 32.1. The second kappa shape index (κ2) is 7.05. The molecule has 0 aliphatic carbocycles. The molecule has 3 heterocycles. The van der Waals surface area contributed by atoms with E-state index >= 15 is 0 Å². The van der Waals surface area contributed by atoms with Gasteiger partial charge in [0.2, 0.25) is 5.91 Å². The summed E-state index contributed by atoms with van der Waals surface area (Å²) in [6.07, 6.45) is 0.540. The van der Waals surface area contributed by atoms with Crippen molar-refractivity contribution >= 4 is 38.7 Å². The number of carbonyl (C=O) groups is 1. The average Bonchev–Trinajstić information content (AvgIpc) is 3.26. The summed E-state index contributed by atoms with van der Waals surface area (Å²) in [4.78, 5) is 16.9. The van der Waals surface area contributed by atoms with Crippen LogP contribution in [0.1, 0.15) is 11.1 Å². The van der Waals surface area contributed by atoms with E-state index in [0.29, 0.717) is 6.42 Å². The van der Waals surface area contributed by atoms with Gasteiger partial charge in [-0.1, -0.05) is 18.2 Å². The van der Waals surface area contributed by atoms with Crippen molar-refractivity contribution in [1.29, 1.82) is 0 Å². The van der Waals surface area contributed by atoms with Crippen molar-refractivity contribution in [1.82, 2.24) is 9.80 Å². The maximum atomic E-state index is 12.4. The van der Waals surface area contributed by atoms with Gasteiger partial charge in [0, 0.05) is 37.4 Å². The van der Waals surface area contributed by atoms with Crippen LogP contribution in [-0.2, 0) is 17.8 Å². The Morgan fingerprint density at radius 3 is 2.67 bits per heavy atom. The van der Waals surface area contributed by atoms with Crippen molar-refractivity contribution in [2.45, 2.75) is 13.0 Å². The molecule has 5 heteroatoms. The fraction of sp³-hybridized carbons (Fsp3) is 0.316. The minimum atomic E-state index is 0.258. The molecule has 1 aliphatic rings. The zero-order valence-corrected chi connectivity index (χ0v) is 15.1. The van der Waals surface area contributed by atoms with Gasteiger partial charge in [0.1, 0.15) is 0 Å². The summed E-state index contributed by atoms with van der Waals surface area (Å²) in [6.45, 7) is 4.58. The van der Waals surface area contributed by atoms with Crippen LogP contribution >= 0.6 is 22.7 Å². The molecule has 0 unspecified atom stereocenters. The molecular weight excluding hydrogens is 336 g/mol. The average molecular weight is 357 g/mol. The molecule has 0 N–H and O–H groups in total. The van der Waals surface area contributed by atoms with Gasteiger partial charge >= 0.3 is 0 Å². The standard InChI is InChI=1S/C19H20N2OS2/c22-19(11-15-5-10-23-13-15)21-8-6-20(7-9-21)12-16-14-24-18-4-2-1-3-17(16)18/h1-5,10,13-14H,6-9,11-12H2. The van der Waals surface area contributed by atoms with E-state index in [1.165, 1.54) is 15.6 Å². The fourth-order valence-electron chi connectivity index (χ4n) is 3.23. The van der Waals surface area contributed by atoms with Crippen LogP contribution in [0.3, 0.4) is 0 Å². The Hall–Kier alpha value is -1.69. The summed E-state index contributed by atoms with van der Waals surface area (Å²) in [5.74, 6) is 0.258. The summed E-state index contributed by atoms with van der Waals surface area (Å²) in [6, 6.07) is 10.6. The monoisotopic (exact) mass is 356 g/mol. The summed E-state index contributed by atoms with van der Waals surface area (Å²) in [7, 11) is 0. The van der Waals surface area contributed by atoms with Crippen LogP contribution in [0.25, 0.3) is 10.1 Å². The van der Waals surface area contributed by atoms with Crippen LogP contribution in [0.4, 0.5) is 0 Å². The lowest BCUT2D eigenvalue weighted by Gasteiger charge is -2.34. The van der Waals surface area contributed by atoms with E-state index in [4.69, 9.17) is 0 Å². The molecule has 0 bridgehead atoms. The second-order valence-electron chi connectivity index (χ2n) is 6.22. The van der Waals surface area contributed by atoms with Gasteiger partial charge in [-0.05, 0) is 44.8 Å². The van der Waals surface area contributed by atoms with Crippen LogP contribution in [0.5, 0.6) is 0 Å². The third-order valence-corrected chi connectivity index (χ3v) is 6.36. The van der Waals surface area contributed by atoms with Crippen LogP contribution in [0.2, 0.25) is 0 Å². The number of fused-ring (bicyclic) bond motifs is 1. The van der Waals surface area contributed by atoms with Crippen molar-refractivity contribution in [2.75, 3.05) is 26.2 Å². The topological polar surface area (TPSA) is 23.6 Å². The van der Waals surface area contributed by atoms with Gasteiger partial charge in [0.05, 0.1) is 6.42 Å². The molecule has 1 aromatic carbocycles. The van der Waals surface area contributed by atoms with Gasteiger partial charge in [0.25, 0.3) is 0 Å². The number of carbonyl (C=O) groups excluding carboxylic acids is 1. The largest absolute Gasteiger partial charge is 0.340 e. The van der Waals surface area contributed by atoms with Crippen molar-refractivity contribution in [3.05, 3.63) is 57.6 Å². The van der Waals surface area contributed by atoms with E-state index in [2.05, 4.69) is 39.9 Å². The Morgan fingerprint density at radius 1 is 1.04 bits per heavy atom. The van der Waals surface area contributed by atoms with E-state index in [1.807, 2.05) is 27.7 Å². The van der Waals surface area contributed by atoms with Crippen LogP contribution in [0, 0.1) is 0 Å². The highest BCUT2D eigenvalue weighted by molar-refractivity contribution is 7.17. The summed E-state index contributed by atoms with van der Waals surface area (Å²) < 4.78 is 1.36. The molecule has 4 rings (SSSR count). The predicted octanol–water partition coefficient (Wildman–Crippen LogP) is 3.85. The second-order valence-corrected chi connectivity index (χ2v) is 7.91. The van der Waals surface area contributed by atoms with Gasteiger partial charge < -0.3 is 4.90 Å². The maximum Gasteiger partial charge on any atom is 0.227 e. The molecule has 0 saturated carbocycles.